The van der Waals surface area contributed by atoms with Crippen molar-refractivity contribution in [2.45, 2.75) is 57.5 Å². The normalized spacial score (nSPS) is 30.4. The molecule has 6 rings (SSSR count). The van der Waals surface area contributed by atoms with E-state index < -0.39 is 0 Å². The van der Waals surface area contributed by atoms with E-state index in [0.29, 0.717) is 18.9 Å². The molecule has 4 fully saturated rings. The highest BCUT2D eigenvalue weighted by Crippen LogP contribution is 2.58. The van der Waals surface area contributed by atoms with Crippen LogP contribution in [0, 0.1) is 17.8 Å². The van der Waals surface area contributed by atoms with Crippen LogP contribution in [0.4, 0.5) is 0 Å². The molecule has 4 aliphatic carbocycles. The smallest absolute Gasteiger partial charge is 0.290 e. The number of ether oxygens (including phenoxy) is 1. The summed E-state index contributed by atoms with van der Waals surface area (Å²) in [5.41, 5.74) is 1.15. The minimum Gasteiger partial charge on any atom is -0.494 e. The zero-order chi connectivity index (χ0) is 19.1. The van der Waals surface area contributed by atoms with Crippen LogP contribution in [0.2, 0.25) is 0 Å². The number of rotatable bonds is 6. The van der Waals surface area contributed by atoms with Gasteiger partial charge in [0.2, 0.25) is 0 Å². The Balaban J connectivity index is 1.46. The fourth-order valence-corrected chi connectivity index (χ4v) is 6.42. The Morgan fingerprint density at radius 1 is 1.07 bits per heavy atom. The fraction of sp³-hybridized carbons (Fsp3) is 0.542. The molecule has 1 amide bonds. The molecule has 4 heteroatoms. The van der Waals surface area contributed by atoms with Crippen molar-refractivity contribution in [3.05, 3.63) is 54.0 Å². The fourth-order valence-electron chi connectivity index (χ4n) is 6.42. The monoisotopic (exact) mass is 379 g/mol. The number of hydrogen-bond acceptors (Lipinski definition) is 3. The lowest BCUT2D eigenvalue weighted by atomic mass is 9.52. The summed E-state index contributed by atoms with van der Waals surface area (Å²) in [5, 5.41) is 0. The molecule has 4 saturated carbocycles. The Morgan fingerprint density at radius 2 is 1.71 bits per heavy atom. The van der Waals surface area contributed by atoms with Gasteiger partial charge in [0.1, 0.15) is 5.75 Å². The maximum Gasteiger partial charge on any atom is 0.290 e. The second-order valence-corrected chi connectivity index (χ2v) is 9.09. The summed E-state index contributed by atoms with van der Waals surface area (Å²) in [7, 11) is 0. The molecule has 0 aliphatic heterocycles. The highest BCUT2D eigenvalue weighted by atomic mass is 16.5. The van der Waals surface area contributed by atoms with E-state index in [-0.39, 0.29) is 11.4 Å². The first-order valence-electron chi connectivity index (χ1n) is 10.7. The molecule has 4 bridgehead atoms. The van der Waals surface area contributed by atoms with Crippen LogP contribution in [0.15, 0.2) is 47.1 Å². The van der Waals surface area contributed by atoms with Crippen molar-refractivity contribution in [2.24, 2.45) is 17.8 Å². The predicted octanol–water partition coefficient (Wildman–Crippen LogP) is 5.29. The summed E-state index contributed by atoms with van der Waals surface area (Å²) in [4.78, 5) is 15.7. The van der Waals surface area contributed by atoms with Gasteiger partial charge in [0.25, 0.3) is 5.91 Å². The number of amides is 1. The van der Waals surface area contributed by atoms with Crippen molar-refractivity contribution < 1.29 is 13.9 Å². The molecule has 0 saturated heterocycles. The summed E-state index contributed by atoms with van der Waals surface area (Å²) in [6.07, 6.45) is 9.16. The summed E-state index contributed by atoms with van der Waals surface area (Å²) < 4.78 is 11.1. The molecule has 0 atom stereocenters. The van der Waals surface area contributed by atoms with Gasteiger partial charge in [0.15, 0.2) is 5.76 Å². The molecule has 0 radical (unpaired) electrons. The lowest BCUT2D eigenvalue weighted by molar-refractivity contribution is -0.0783. The van der Waals surface area contributed by atoms with Crippen molar-refractivity contribution in [3.8, 4) is 5.75 Å². The SMILES string of the molecule is CCOc1ccc(CN(C(=O)c2ccco2)C23CC4CC(CC(C4)C2)C3)cc1. The highest BCUT2D eigenvalue weighted by Gasteiger charge is 2.54. The van der Waals surface area contributed by atoms with Gasteiger partial charge in [0.05, 0.1) is 12.9 Å². The molecule has 0 spiro atoms. The third-order valence-electron chi connectivity index (χ3n) is 7.13. The van der Waals surface area contributed by atoms with Gasteiger partial charge in [0, 0.05) is 12.1 Å². The zero-order valence-electron chi connectivity index (χ0n) is 16.6. The van der Waals surface area contributed by atoms with Crippen LogP contribution in [0.25, 0.3) is 0 Å². The molecule has 148 valence electrons. The Hall–Kier alpha value is -2.23. The number of hydrogen-bond donors (Lipinski definition) is 0. The number of carbonyl (C=O) groups excluding carboxylic acids is 1. The summed E-state index contributed by atoms with van der Waals surface area (Å²) in [5.74, 6) is 3.75. The number of benzene rings is 1. The van der Waals surface area contributed by atoms with Crippen LogP contribution in [0.3, 0.4) is 0 Å². The van der Waals surface area contributed by atoms with Crippen LogP contribution in [-0.4, -0.2) is 23.0 Å². The number of carbonyl (C=O) groups is 1. The van der Waals surface area contributed by atoms with Crippen LogP contribution in [-0.2, 0) is 6.54 Å². The average Bonchev–Trinajstić information content (AvgIpc) is 3.21. The molecule has 0 unspecified atom stereocenters. The first-order valence-corrected chi connectivity index (χ1v) is 10.7. The van der Waals surface area contributed by atoms with E-state index in [9.17, 15) is 4.79 Å². The average molecular weight is 380 g/mol. The molecular formula is C24H29NO3. The third kappa shape index (κ3) is 3.13. The summed E-state index contributed by atoms with van der Waals surface area (Å²) in [6, 6.07) is 11.8. The maximum absolute atomic E-state index is 13.5. The van der Waals surface area contributed by atoms with Crippen LogP contribution < -0.4 is 4.74 Å². The minimum atomic E-state index is -0.00276. The number of nitrogens with zero attached hydrogens (tertiary/aromatic N) is 1. The molecule has 28 heavy (non-hydrogen) atoms. The van der Waals surface area contributed by atoms with Crippen molar-refractivity contribution in [1.29, 1.82) is 0 Å². The Kier molecular flexibility index (Phi) is 4.45. The van der Waals surface area contributed by atoms with Crippen molar-refractivity contribution in [2.75, 3.05) is 6.61 Å². The maximum atomic E-state index is 13.5. The molecule has 1 heterocycles. The summed E-state index contributed by atoms with van der Waals surface area (Å²) >= 11 is 0. The van der Waals surface area contributed by atoms with Crippen LogP contribution in [0.5, 0.6) is 5.75 Å². The first-order chi connectivity index (χ1) is 13.6. The molecule has 4 nitrogen and oxygen atoms in total. The van der Waals surface area contributed by atoms with E-state index in [4.69, 9.17) is 9.15 Å². The van der Waals surface area contributed by atoms with Gasteiger partial charge >= 0.3 is 0 Å². The molecule has 1 aromatic heterocycles. The van der Waals surface area contributed by atoms with Gasteiger partial charge in [-0.05, 0) is 93.0 Å². The van der Waals surface area contributed by atoms with E-state index in [2.05, 4.69) is 17.0 Å². The molecule has 2 aromatic rings. The Labute approximate surface area is 166 Å². The lowest BCUT2D eigenvalue weighted by Gasteiger charge is -2.60. The van der Waals surface area contributed by atoms with E-state index in [1.807, 2.05) is 25.1 Å². The van der Waals surface area contributed by atoms with Crippen LogP contribution >= 0.6 is 0 Å². The highest BCUT2D eigenvalue weighted by molar-refractivity contribution is 5.92. The predicted molar refractivity (Wildman–Crippen MR) is 107 cm³/mol. The molecule has 1 aromatic carbocycles. The first kappa shape index (κ1) is 17.8. The topological polar surface area (TPSA) is 42.7 Å². The van der Waals surface area contributed by atoms with Gasteiger partial charge < -0.3 is 14.1 Å². The zero-order valence-corrected chi connectivity index (χ0v) is 16.6. The standard InChI is InChI=1S/C24H29NO3/c1-2-27-21-7-5-17(6-8-21)16-25(23(26)22-4-3-9-28-22)24-13-18-10-19(14-24)12-20(11-18)15-24/h3-9,18-20H,2,10-16H2,1H3. The summed E-state index contributed by atoms with van der Waals surface area (Å²) in [6.45, 7) is 3.29. The van der Waals surface area contributed by atoms with Crippen molar-refractivity contribution in [1.82, 2.24) is 4.90 Å². The van der Waals surface area contributed by atoms with Gasteiger partial charge in [-0.1, -0.05) is 12.1 Å². The second kappa shape index (κ2) is 6.98. The van der Waals surface area contributed by atoms with Gasteiger partial charge in [-0.2, -0.15) is 0 Å². The second-order valence-electron chi connectivity index (χ2n) is 9.09. The van der Waals surface area contributed by atoms with Gasteiger partial charge in [-0.15, -0.1) is 0 Å². The minimum absolute atomic E-state index is 0.00276. The van der Waals surface area contributed by atoms with Gasteiger partial charge in [-0.3, -0.25) is 4.79 Å². The van der Waals surface area contributed by atoms with Gasteiger partial charge in [-0.25, -0.2) is 0 Å². The molecule has 0 N–H and O–H groups in total. The Morgan fingerprint density at radius 3 is 2.25 bits per heavy atom. The van der Waals surface area contributed by atoms with Crippen LogP contribution in [0.1, 0.15) is 61.6 Å². The molecule has 4 aliphatic rings. The lowest BCUT2D eigenvalue weighted by Crippen LogP contribution is -2.61. The van der Waals surface area contributed by atoms with E-state index in [1.54, 1.807) is 12.3 Å². The quantitative estimate of drug-likeness (QED) is 0.685. The van der Waals surface area contributed by atoms with E-state index in [0.717, 1.165) is 48.3 Å². The van der Waals surface area contributed by atoms with Crippen molar-refractivity contribution >= 4 is 5.91 Å². The number of furan rings is 1. The molecular weight excluding hydrogens is 350 g/mol. The largest absolute Gasteiger partial charge is 0.494 e. The van der Waals surface area contributed by atoms with Crippen molar-refractivity contribution in [3.63, 3.8) is 0 Å². The van der Waals surface area contributed by atoms with E-state index >= 15 is 0 Å². The Bertz CT molecular complexity index is 789. The van der Waals surface area contributed by atoms with E-state index in [1.165, 1.54) is 19.3 Å². The third-order valence-corrected chi connectivity index (χ3v) is 7.13.